The van der Waals surface area contributed by atoms with Gasteiger partial charge in [-0.15, -0.1) is 0 Å². The van der Waals surface area contributed by atoms with Gasteiger partial charge in [0.15, 0.2) is 0 Å². The van der Waals surface area contributed by atoms with Crippen molar-refractivity contribution >= 4 is 0 Å². The Balaban J connectivity index is 2.15. The molecule has 0 heterocycles. The lowest BCUT2D eigenvalue weighted by Gasteiger charge is -2.28. The molecule has 0 saturated carbocycles. The zero-order valence-electron chi connectivity index (χ0n) is 16.9. The molecule has 0 aliphatic heterocycles. The van der Waals surface area contributed by atoms with Crippen molar-refractivity contribution in [2.24, 2.45) is 0 Å². The van der Waals surface area contributed by atoms with Crippen LogP contribution in [0.1, 0.15) is 52.7 Å². The highest BCUT2D eigenvalue weighted by molar-refractivity contribution is 5.75. The lowest BCUT2D eigenvalue weighted by atomic mass is 9.77. The summed E-state index contributed by atoms with van der Waals surface area (Å²) in [5.41, 5.74) is 8.21. The van der Waals surface area contributed by atoms with Crippen LogP contribution in [0.4, 0.5) is 0 Å². The number of hydrogen-bond donors (Lipinski definition) is 0. The summed E-state index contributed by atoms with van der Waals surface area (Å²) >= 11 is 0. The van der Waals surface area contributed by atoms with E-state index in [1.807, 2.05) is 0 Å². The Bertz CT molecular complexity index is 887. The molecule has 0 saturated heterocycles. The molecule has 0 fully saturated rings. The maximum absolute atomic E-state index is 2.41. The Morgan fingerprint density at radius 2 is 1.12 bits per heavy atom. The highest BCUT2D eigenvalue weighted by Gasteiger charge is 2.22. The smallest absolute Gasteiger partial charge is 0.0126 e. The molecular formula is C26H30. The quantitative estimate of drug-likeness (QED) is 0.449. The second-order valence-electron chi connectivity index (χ2n) is 9.21. The van der Waals surface area contributed by atoms with E-state index in [0.717, 1.165) is 0 Å². The molecule has 26 heavy (non-hydrogen) atoms. The number of hydrogen-bond acceptors (Lipinski definition) is 0. The molecule has 0 heteroatoms. The summed E-state index contributed by atoms with van der Waals surface area (Å²) in [6.45, 7) is 13.8. The predicted octanol–water partition coefficient (Wildman–Crippen LogP) is 7.62. The van der Waals surface area contributed by atoms with Gasteiger partial charge in [0.25, 0.3) is 0 Å². The van der Waals surface area contributed by atoms with Crippen molar-refractivity contribution in [3.63, 3.8) is 0 Å². The third kappa shape index (κ3) is 3.90. The van der Waals surface area contributed by atoms with E-state index in [9.17, 15) is 0 Å². The standard InChI is InChI=1S/C26H30/c1-25(2,3)22-15-16-23(24(18-22)26(4,5)6)21-14-10-13-20(17-21)19-11-8-7-9-12-19/h7-18H,1-6H3. The van der Waals surface area contributed by atoms with Crippen molar-refractivity contribution < 1.29 is 0 Å². The van der Waals surface area contributed by atoms with Crippen LogP contribution in [-0.2, 0) is 10.8 Å². The first kappa shape index (κ1) is 18.5. The topological polar surface area (TPSA) is 0 Å². The van der Waals surface area contributed by atoms with Gasteiger partial charge in [0.2, 0.25) is 0 Å². The number of rotatable bonds is 2. The first-order chi connectivity index (χ1) is 12.2. The molecule has 3 aromatic rings. The Labute approximate surface area is 158 Å². The summed E-state index contributed by atoms with van der Waals surface area (Å²) in [6, 6.07) is 26.5. The minimum absolute atomic E-state index is 0.0966. The van der Waals surface area contributed by atoms with E-state index in [-0.39, 0.29) is 10.8 Å². The van der Waals surface area contributed by atoms with Crippen molar-refractivity contribution in [1.82, 2.24) is 0 Å². The van der Waals surface area contributed by atoms with Crippen LogP contribution in [0.5, 0.6) is 0 Å². The molecule has 0 nitrogen and oxygen atoms in total. The van der Waals surface area contributed by atoms with Crippen LogP contribution in [0.2, 0.25) is 0 Å². The lowest BCUT2D eigenvalue weighted by molar-refractivity contribution is 0.570. The Morgan fingerprint density at radius 3 is 1.73 bits per heavy atom. The normalized spacial score (nSPS) is 12.2. The Morgan fingerprint density at radius 1 is 0.500 bits per heavy atom. The predicted molar refractivity (Wildman–Crippen MR) is 115 cm³/mol. The third-order valence-electron chi connectivity index (χ3n) is 4.97. The first-order valence-corrected chi connectivity index (χ1v) is 9.47. The van der Waals surface area contributed by atoms with Gasteiger partial charge in [-0.2, -0.15) is 0 Å². The van der Waals surface area contributed by atoms with Crippen LogP contribution in [0.25, 0.3) is 22.3 Å². The van der Waals surface area contributed by atoms with Gasteiger partial charge in [-0.3, -0.25) is 0 Å². The van der Waals surface area contributed by atoms with Crippen molar-refractivity contribution in [2.75, 3.05) is 0 Å². The van der Waals surface area contributed by atoms with Crippen LogP contribution >= 0.6 is 0 Å². The molecule has 0 aliphatic rings. The molecule has 0 radical (unpaired) electrons. The van der Waals surface area contributed by atoms with E-state index < -0.39 is 0 Å². The first-order valence-electron chi connectivity index (χ1n) is 9.47. The highest BCUT2D eigenvalue weighted by Crippen LogP contribution is 2.37. The van der Waals surface area contributed by atoms with Crippen LogP contribution in [-0.4, -0.2) is 0 Å². The second-order valence-corrected chi connectivity index (χ2v) is 9.21. The van der Waals surface area contributed by atoms with Crippen LogP contribution in [0, 0.1) is 0 Å². The van der Waals surface area contributed by atoms with Gasteiger partial charge in [-0.05, 0) is 50.3 Å². The van der Waals surface area contributed by atoms with Crippen molar-refractivity contribution in [2.45, 2.75) is 52.4 Å². The van der Waals surface area contributed by atoms with E-state index in [1.165, 1.54) is 33.4 Å². The average molecular weight is 343 g/mol. The summed E-state index contributed by atoms with van der Waals surface area (Å²) in [5.74, 6) is 0. The zero-order chi connectivity index (χ0) is 18.9. The van der Waals surface area contributed by atoms with Gasteiger partial charge < -0.3 is 0 Å². The van der Waals surface area contributed by atoms with Gasteiger partial charge in [-0.1, -0.05) is 108 Å². The van der Waals surface area contributed by atoms with E-state index in [4.69, 9.17) is 0 Å². The fourth-order valence-electron chi connectivity index (χ4n) is 3.38. The van der Waals surface area contributed by atoms with E-state index in [0.29, 0.717) is 0 Å². The summed E-state index contributed by atoms with van der Waals surface area (Å²) in [5, 5.41) is 0. The Hall–Kier alpha value is -2.34. The second kappa shape index (κ2) is 6.76. The largest absolute Gasteiger partial charge is 0.0622 e. The molecule has 0 bridgehead atoms. The summed E-state index contributed by atoms with van der Waals surface area (Å²) in [7, 11) is 0. The molecule has 0 N–H and O–H groups in total. The van der Waals surface area contributed by atoms with Gasteiger partial charge in [0.05, 0.1) is 0 Å². The van der Waals surface area contributed by atoms with Crippen molar-refractivity contribution in [3.05, 3.63) is 83.9 Å². The molecule has 3 rings (SSSR count). The number of benzene rings is 3. The maximum Gasteiger partial charge on any atom is -0.0126 e. The van der Waals surface area contributed by atoms with Crippen LogP contribution < -0.4 is 0 Å². The summed E-state index contributed by atoms with van der Waals surface area (Å²) < 4.78 is 0. The third-order valence-corrected chi connectivity index (χ3v) is 4.97. The van der Waals surface area contributed by atoms with E-state index in [1.54, 1.807) is 0 Å². The van der Waals surface area contributed by atoms with Gasteiger partial charge in [0.1, 0.15) is 0 Å². The molecule has 0 aliphatic carbocycles. The SMILES string of the molecule is CC(C)(C)c1ccc(-c2cccc(-c3ccccc3)c2)c(C(C)(C)C)c1. The van der Waals surface area contributed by atoms with Crippen molar-refractivity contribution in [1.29, 1.82) is 0 Å². The Kier molecular flexibility index (Phi) is 4.80. The molecule has 3 aromatic carbocycles. The van der Waals surface area contributed by atoms with Gasteiger partial charge in [-0.25, -0.2) is 0 Å². The van der Waals surface area contributed by atoms with Gasteiger partial charge in [0, 0.05) is 0 Å². The maximum atomic E-state index is 2.41. The average Bonchev–Trinajstić information content (AvgIpc) is 2.60. The molecule has 0 unspecified atom stereocenters. The van der Waals surface area contributed by atoms with E-state index in [2.05, 4.69) is 114 Å². The van der Waals surface area contributed by atoms with Crippen LogP contribution in [0.3, 0.4) is 0 Å². The minimum Gasteiger partial charge on any atom is -0.0622 e. The van der Waals surface area contributed by atoms with E-state index >= 15 is 0 Å². The fraction of sp³-hybridized carbons (Fsp3) is 0.308. The molecular weight excluding hydrogens is 312 g/mol. The fourth-order valence-corrected chi connectivity index (χ4v) is 3.38. The van der Waals surface area contributed by atoms with Crippen LogP contribution in [0.15, 0.2) is 72.8 Å². The summed E-state index contributed by atoms with van der Waals surface area (Å²) in [6.07, 6.45) is 0. The molecule has 0 aromatic heterocycles. The monoisotopic (exact) mass is 342 g/mol. The molecule has 0 spiro atoms. The highest BCUT2D eigenvalue weighted by atomic mass is 14.3. The molecule has 0 amide bonds. The summed E-state index contributed by atoms with van der Waals surface area (Å²) in [4.78, 5) is 0. The minimum atomic E-state index is 0.0966. The lowest BCUT2D eigenvalue weighted by Crippen LogP contribution is -2.17. The molecule has 134 valence electrons. The van der Waals surface area contributed by atoms with Crippen molar-refractivity contribution in [3.8, 4) is 22.3 Å². The molecule has 0 atom stereocenters. The van der Waals surface area contributed by atoms with Gasteiger partial charge >= 0.3 is 0 Å². The zero-order valence-corrected chi connectivity index (χ0v) is 16.9.